The standard InChI is InChI=1S/C16H11ClN4O3/c17-11-4-5-14(15(8-11)21(23)24)16(22)19-12-2-1-3-13(9-12)20-7-6-18-10-20/h1-10H,(H,19,22). The molecule has 3 rings (SSSR count). The molecule has 1 amide bonds. The van der Waals surface area contributed by atoms with E-state index in [9.17, 15) is 14.9 Å². The first-order chi connectivity index (χ1) is 11.5. The zero-order chi connectivity index (χ0) is 17.1. The van der Waals surface area contributed by atoms with Crippen LogP contribution >= 0.6 is 11.6 Å². The van der Waals surface area contributed by atoms with E-state index in [2.05, 4.69) is 10.3 Å². The molecule has 0 unspecified atom stereocenters. The van der Waals surface area contributed by atoms with Gasteiger partial charge in [0, 0.05) is 34.9 Å². The number of carbonyl (C=O) groups is 1. The largest absolute Gasteiger partial charge is 0.322 e. The summed E-state index contributed by atoms with van der Waals surface area (Å²) in [6.45, 7) is 0. The summed E-state index contributed by atoms with van der Waals surface area (Å²) in [6, 6.07) is 11.0. The fraction of sp³-hybridized carbons (Fsp3) is 0. The van der Waals surface area contributed by atoms with Crippen LogP contribution in [0.25, 0.3) is 5.69 Å². The fourth-order valence-corrected chi connectivity index (χ4v) is 2.37. The summed E-state index contributed by atoms with van der Waals surface area (Å²) in [5.74, 6) is -0.582. The second kappa shape index (κ2) is 6.51. The Bertz CT molecular complexity index is 909. The third kappa shape index (κ3) is 3.26. The van der Waals surface area contributed by atoms with Crippen molar-refractivity contribution in [2.24, 2.45) is 0 Å². The summed E-state index contributed by atoms with van der Waals surface area (Å²) in [5, 5.41) is 13.9. The number of halogens is 1. The second-order valence-electron chi connectivity index (χ2n) is 4.89. The van der Waals surface area contributed by atoms with Gasteiger partial charge >= 0.3 is 0 Å². The van der Waals surface area contributed by atoms with Crippen LogP contribution in [0.5, 0.6) is 0 Å². The number of hydrogen-bond acceptors (Lipinski definition) is 4. The van der Waals surface area contributed by atoms with E-state index in [0.717, 1.165) is 11.8 Å². The zero-order valence-electron chi connectivity index (χ0n) is 12.2. The molecule has 8 heteroatoms. The number of imidazole rings is 1. The molecule has 24 heavy (non-hydrogen) atoms. The fourth-order valence-electron chi connectivity index (χ4n) is 2.20. The van der Waals surface area contributed by atoms with Crippen molar-refractivity contribution in [1.29, 1.82) is 0 Å². The predicted molar refractivity (Wildman–Crippen MR) is 89.6 cm³/mol. The Morgan fingerprint density at radius 1 is 1.25 bits per heavy atom. The van der Waals surface area contributed by atoms with Crippen LogP contribution in [0, 0.1) is 10.1 Å². The number of carbonyl (C=O) groups excluding carboxylic acids is 1. The van der Waals surface area contributed by atoms with Gasteiger partial charge in [-0.1, -0.05) is 17.7 Å². The first-order valence-electron chi connectivity index (χ1n) is 6.88. The molecule has 0 atom stereocenters. The maximum Gasteiger partial charge on any atom is 0.283 e. The van der Waals surface area contributed by atoms with Gasteiger partial charge in [-0.25, -0.2) is 4.98 Å². The summed E-state index contributed by atoms with van der Waals surface area (Å²) in [4.78, 5) is 26.8. The average molecular weight is 343 g/mol. The van der Waals surface area contributed by atoms with Gasteiger partial charge in [0.15, 0.2) is 0 Å². The minimum absolute atomic E-state index is 0.0579. The Morgan fingerprint density at radius 2 is 2.08 bits per heavy atom. The number of anilines is 1. The first kappa shape index (κ1) is 15.7. The number of aromatic nitrogens is 2. The van der Waals surface area contributed by atoms with E-state index < -0.39 is 10.8 Å². The number of hydrogen-bond donors (Lipinski definition) is 1. The highest BCUT2D eigenvalue weighted by molar-refractivity contribution is 6.31. The van der Waals surface area contributed by atoms with Crippen molar-refractivity contribution in [2.45, 2.75) is 0 Å². The molecular formula is C16H11ClN4O3. The lowest BCUT2D eigenvalue weighted by atomic mass is 10.1. The van der Waals surface area contributed by atoms with Crippen molar-refractivity contribution in [3.63, 3.8) is 0 Å². The molecule has 0 aliphatic carbocycles. The van der Waals surface area contributed by atoms with Crippen LogP contribution in [0.2, 0.25) is 5.02 Å². The van der Waals surface area contributed by atoms with Crippen LogP contribution in [0.3, 0.4) is 0 Å². The molecule has 1 aromatic heterocycles. The molecule has 0 saturated heterocycles. The van der Waals surface area contributed by atoms with E-state index in [4.69, 9.17) is 11.6 Å². The molecule has 0 radical (unpaired) electrons. The molecule has 0 spiro atoms. The molecule has 1 N–H and O–H groups in total. The third-order valence-electron chi connectivity index (χ3n) is 3.31. The van der Waals surface area contributed by atoms with Crippen LogP contribution in [-0.2, 0) is 0 Å². The molecule has 2 aromatic carbocycles. The van der Waals surface area contributed by atoms with Gasteiger partial charge in [-0.3, -0.25) is 14.9 Å². The van der Waals surface area contributed by atoms with Crippen LogP contribution in [0.4, 0.5) is 11.4 Å². The lowest BCUT2D eigenvalue weighted by Crippen LogP contribution is -2.14. The number of nitrogens with zero attached hydrogens (tertiary/aromatic N) is 3. The van der Waals surface area contributed by atoms with E-state index in [1.54, 1.807) is 41.5 Å². The third-order valence-corrected chi connectivity index (χ3v) is 3.54. The summed E-state index contributed by atoms with van der Waals surface area (Å²) < 4.78 is 1.78. The van der Waals surface area contributed by atoms with Crippen molar-refractivity contribution < 1.29 is 9.72 Å². The van der Waals surface area contributed by atoms with E-state index in [1.165, 1.54) is 12.1 Å². The molecule has 7 nitrogen and oxygen atoms in total. The molecule has 3 aromatic rings. The lowest BCUT2D eigenvalue weighted by Gasteiger charge is -2.08. The van der Waals surface area contributed by atoms with Crippen molar-refractivity contribution in [3.8, 4) is 5.69 Å². The van der Waals surface area contributed by atoms with Crippen LogP contribution in [-0.4, -0.2) is 20.4 Å². The number of amides is 1. The van der Waals surface area contributed by atoms with Crippen LogP contribution < -0.4 is 5.32 Å². The highest BCUT2D eigenvalue weighted by Gasteiger charge is 2.20. The minimum atomic E-state index is -0.636. The molecule has 0 aliphatic rings. The van der Waals surface area contributed by atoms with Crippen molar-refractivity contribution >= 4 is 28.9 Å². The van der Waals surface area contributed by atoms with Gasteiger partial charge in [0.2, 0.25) is 0 Å². The van der Waals surface area contributed by atoms with E-state index in [-0.39, 0.29) is 16.3 Å². The van der Waals surface area contributed by atoms with Crippen LogP contribution in [0.1, 0.15) is 10.4 Å². The van der Waals surface area contributed by atoms with Crippen molar-refractivity contribution in [2.75, 3.05) is 5.32 Å². The number of nitrogens with one attached hydrogen (secondary N) is 1. The minimum Gasteiger partial charge on any atom is -0.322 e. The smallest absolute Gasteiger partial charge is 0.283 e. The Morgan fingerprint density at radius 3 is 2.79 bits per heavy atom. The van der Waals surface area contributed by atoms with Gasteiger partial charge < -0.3 is 9.88 Å². The molecule has 0 bridgehead atoms. The SMILES string of the molecule is O=C(Nc1cccc(-n2ccnc2)c1)c1ccc(Cl)cc1[N+](=O)[O-]. The molecule has 0 fully saturated rings. The van der Waals surface area contributed by atoms with Gasteiger partial charge in [-0.05, 0) is 30.3 Å². The molecule has 1 heterocycles. The Kier molecular flexibility index (Phi) is 4.26. The van der Waals surface area contributed by atoms with Gasteiger partial charge in [-0.2, -0.15) is 0 Å². The lowest BCUT2D eigenvalue weighted by molar-refractivity contribution is -0.385. The molecule has 0 aliphatic heterocycles. The van der Waals surface area contributed by atoms with Crippen LogP contribution in [0.15, 0.2) is 61.2 Å². The number of benzene rings is 2. The average Bonchev–Trinajstić information content (AvgIpc) is 3.09. The summed E-state index contributed by atoms with van der Waals surface area (Å²) in [6.07, 6.45) is 5.04. The molecular weight excluding hydrogens is 332 g/mol. The maximum atomic E-state index is 12.4. The van der Waals surface area contributed by atoms with E-state index >= 15 is 0 Å². The Hall–Kier alpha value is -3.19. The number of nitro groups is 1. The zero-order valence-corrected chi connectivity index (χ0v) is 13.0. The monoisotopic (exact) mass is 342 g/mol. The highest BCUT2D eigenvalue weighted by Crippen LogP contribution is 2.24. The topological polar surface area (TPSA) is 90.1 Å². The Balaban J connectivity index is 1.88. The first-order valence-corrected chi connectivity index (χ1v) is 7.26. The van der Waals surface area contributed by atoms with Gasteiger partial charge in [-0.15, -0.1) is 0 Å². The van der Waals surface area contributed by atoms with Crippen molar-refractivity contribution in [3.05, 3.63) is 81.9 Å². The van der Waals surface area contributed by atoms with E-state index in [0.29, 0.717) is 5.69 Å². The quantitative estimate of drug-likeness (QED) is 0.578. The summed E-state index contributed by atoms with van der Waals surface area (Å²) >= 11 is 5.76. The second-order valence-corrected chi connectivity index (χ2v) is 5.33. The predicted octanol–water partition coefficient (Wildman–Crippen LogP) is 3.69. The molecule has 120 valence electrons. The molecule has 0 saturated carbocycles. The summed E-state index contributed by atoms with van der Waals surface area (Å²) in [7, 11) is 0. The maximum absolute atomic E-state index is 12.4. The Labute approximate surface area is 141 Å². The normalized spacial score (nSPS) is 10.4. The van der Waals surface area contributed by atoms with Gasteiger partial charge in [0.1, 0.15) is 5.56 Å². The number of nitro benzene ring substituents is 1. The van der Waals surface area contributed by atoms with Crippen molar-refractivity contribution in [1.82, 2.24) is 9.55 Å². The number of rotatable bonds is 4. The summed E-state index contributed by atoms with van der Waals surface area (Å²) in [5.41, 5.74) is 0.912. The highest BCUT2D eigenvalue weighted by atomic mass is 35.5. The van der Waals surface area contributed by atoms with Gasteiger partial charge in [0.05, 0.1) is 11.3 Å². The van der Waals surface area contributed by atoms with E-state index in [1.807, 2.05) is 6.07 Å². The van der Waals surface area contributed by atoms with Gasteiger partial charge in [0.25, 0.3) is 11.6 Å².